The lowest BCUT2D eigenvalue weighted by atomic mass is 10.3. The van der Waals surface area contributed by atoms with Gasteiger partial charge in [0.25, 0.3) is 0 Å². The van der Waals surface area contributed by atoms with Crippen LogP contribution in [-0.2, 0) is 14.9 Å². The zero-order valence-electron chi connectivity index (χ0n) is 8.39. The number of rotatable bonds is 6. The third kappa shape index (κ3) is 3.14. The molecule has 0 aliphatic carbocycles. The summed E-state index contributed by atoms with van der Waals surface area (Å²) < 4.78 is 129. The lowest BCUT2D eigenvalue weighted by molar-refractivity contribution is -0.448. The molecule has 1 N–H and O–H groups in total. The predicted molar refractivity (Wildman–Crippen MR) is 42.6 cm³/mol. The molecule has 0 aliphatic heterocycles. The molecule has 114 valence electrons. The molecular formula is C6H4F8O4S. The summed E-state index contributed by atoms with van der Waals surface area (Å²) in [7, 11) is -6.90. The molecule has 0 unspecified atom stereocenters. The predicted octanol–water partition coefficient (Wildman–Crippen LogP) is 2.49. The minimum absolute atomic E-state index is 0.880. The first kappa shape index (κ1) is 18.0. The highest BCUT2D eigenvalue weighted by atomic mass is 32.2. The SMILES string of the molecule is C=CC(F)(F)C(F)(F)OC(F)(F)C(F)(F)S(=O)(=O)O. The number of ether oxygens (including phenoxy) is 1. The summed E-state index contributed by atoms with van der Waals surface area (Å²) in [4.78, 5) is 0. The summed E-state index contributed by atoms with van der Waals surface area (Å²) in [6.45, 7) is 2.13. The maximum atomic E-state index is 12.5. The molecule has 0 aromatic rings. The van der Waals surface area contributed by atoms with E-state index in [0.29, 0.717) is 0 Å². The Bertz CT molecular complexity index is 456. The van der Waals surface area contributed by atoms with Crippen molar-refractivity contribution in [2.45, 2.75) is 23.4 Å². The fourth-order valence-corrected chi connectivity index (χ4v) is 0.899. The summed E-state index contributed by atoms with van der Waals surface area (Å²) in [5, 5.41) is -6.57. The zero-order chi connectivity index (χ0) is 15.9. The molecule has 0 atom stereocenters. The van der Waals surface area contributed by atoms with Crippen LogP contribution in [0.15, 0.2) is 12.7 Å². The summed E-state index contributed by atoms with van der Waals surface area (Å²) in [5.41, 5.74) is 0. The summed E-state index contributed by atoms with van der Waals surface area (Å²) in [5.74, 6) is -5.49. The van der Waals surface area contributed by atoms with E-state index in [4.69, 9.17) is 4.55 Å². The molecule has 0 aromatic heterocycles. The van der Waals surface area contributed by atoms with E-state index in [1.165, 1.54) is 0 Å². The minimum atomic E-state index is -6.90. The Morgan fingerprint density at radius 3 is 1.58 bits per heavy atom. The average Bonchev–Trinajstić information content (AvgIpc) is 2.13. The molecule has 19 heavy (non-hydrogen) atoms. The lowest BCUT2D eigenvalue weighted by Crippen LogP contribution is -2.55. The molecule has 0 bridgehead atoms. The Morgan fingerprint density at radius 1 is 0.947 bits per heavy atom. The van der Waals surface area contributed by atoms with Crippen LogP contribution in [0.1, 0.15) is 0 Å². The standard InChI is InChI=1S/C6H4F8O4S/c1-2-3(7,8)4(9,10)18-5(11,12)6(13,14)19(15,16)17/h2H,1H2,(H,15,16,17). The quantitative estimate of drug-likeness (QED) is 0.463. The Labute approximate surface area is 99.9 Å². The molecular weight excluding hydrogens is 320 g/mol. The second kappa shape index (κ2) is 4.56. The first-order chi connectivity index (χ1) is 8.02. The normalized spacial score (nSPS) is 15.4. The van der Waals surface area contributed by atoms with E-state index >= 15 is 0 Å². The van der Waals surface area contributed by atoms with Crippen LogP contribution in [0.25, 0.3) is 0 Å². The number of alkyl halides is 8. The summed E-state index contributed by atoms with van der Waals surface area (Å²) in [6.07, 6.45) is -13.7. The van der Waals surface area contributed by atoms with Crippen molar-refractivity contribution in [3.05, 3.63) is 12.7 Å². The van der Waals surface area contributed by atoms with Crippen LogP contribution in [0.4, 0.5) is 35.1 Å². The fourth-order valence-electron chi connectivity index (χ4n) is 0.557. The second-order valence-electron chi connectivity index (χ2n) is 2.95. The van der Waals surface area contributed by atoms with Crippen LogP contribution in [0.3, 0.4) is 0 Å². The smallest absolute Gasteiger partial charge is 0.281 e. The van der Waals surface area contributed by atoms with Gasteiger partial charge < -0.3 is 0 Å². The molecule has 0 heterocycles. The van der Waals surface area contributed by atoms with Gasteiger partial charge >= 0.3 is 33.5 Å². The maximum absolute atomic E-state index is 12.5. The molecule has 13 heteroatoms. The van der Waals surface area contributed by atoms with Crippen molar-refractivity contribution in [2.75, 3.05) is 0 Å². The number of hydrogen-bond acceptors (Lipinski definition) is 3. The van der Waals surface area contributed by atoms with Gasteiger partial charge in [-0.1, -0.05) is 6.58 Å². The third-order valence-electron chi connectivity index (χ3n) is 1.56. The monoisotopic (exact) mass is 324 g/mol. The van der Waals surface area contributed by atoms with Gasteiger partial charge in [0.15, 0.2) is 0 Å². The first-order valence-electron chi connectivity index (χ1n) is 3.84. The van der Waals surface area contributed by atoms with Crippen molar-refractivity contribution in [3.63, 3.8) is 0 Å². The summed E-state index contributed by atoms with van der Waals surface area (Å²) in [6, 6.07) is 0. The average molecular weight is 324 g/mol. The highest BCUT2D eigenvalue weighted by molar-refractivity contribution is 7.86. The molecule has 0 rings (SSSR count). The van der Waals surface area contributed by atoms with Crippen molar-refractivity contribution in [1.82, 2.24) is 0 Å². The van der Waals surface area contributed by atoms with Crippen molar-refractivity contribution in [3.8, 4) is 0 Å². The van der Waals surface area contributed by atoms with Gasteiger partial charge in [-0.25, -0.2) is 4.74 Å². The van der Waals surface area contributed by atoms with Crippen LogP contribution >= 0.6 is 0 Å². The van der Waals surface area contributed by atoms with Crippen LogP contribution in [0.2, 0.25) is 0 Å². The Balaban J connectivity index is 5.57. The van der Waals surface area contributed by atoms with Crippen molar-refractivity contribution >= 4 is 10.1 Å². The van der Waals surface area contributed by atoms with Gasteiger partial charge in [0, 0.05) is 0 Å². The van der Waals surface area contributed by atoms with Crippen LogP contribution in [0.5, 0.6) is 0 Å². The van der Waals surface area contributed by atoms with E-state index < -0.39 is 39.6 Å². The molecule has 0 saturated carbocycles. The fraction of sp³-hybridized carbons (Fsp3) is 0.667. The van der Waals surface area contributed by atoms with Crippen molar-refractivity contribution < 1.29 is 52.8 Å². The van der Waals surface area contributed by atoms with E-state index in [0.717, 1.165) is 0 Å². The van der Waals surface area contributed by atoms with Gasteiger partial charge in [-0.15, -0.1) is 0 Å². The Kier molecular flexibility index (Phi) is 4.33. The Hall–Kier alpha value is -0.950. The van der Waals surface area contributed by atoms with Gasteiger partial charge in [-0.05, 0) is 6.08 Å². The van der Waals surface area contributed by atoms with Crippen LogP contribution in [0, 0.1) is 0 Å². The van der Waals surface area contributed by atoms with Crippen LogP contribution in [-0.4, -0.2) is 36.4 Å². The molecule has 0 aliphatic rings. The largest absolute Gasteiger partial charge is 0.460 e. The van der Waals surface area contributed by atoms with Crippen molar-refractivity contribution in [1.29, 1.82) is 0 Å². The topological polar surface area (TPSA) is 63.6 Å². The maximum Gasteiger partial charge on any atom is 0.460 e. The number of hydrogen-bond donors (Lipinski definition) is 1. The van der Waals surface area contributed by atoms with Gasteiger partial charge in [0.05, 0.1) is 0 Å². The number of halogens is 8. The zero-order valence-corrected chi connectivity index (χ0v) is 9.20. The third-order valence-corrected chi connectivity index (χ3v) is 2.45. The minimum Gasteiger partial charge on any atom is -0.281 e. The molecule has 0 radical (unpaired) electrons. The van der Waals surface area contributed by atoms with Crippen LogP contribution < -0.4 is 0 Å². The van der Waals surface area contributed by atoms with Crippen molar-refractivity contribution in [2.24, 2.45) is 0 Å². The van der Waals surface area contributed by atoms with E-state index in [-0.39, 0.29) is 0 Å². The molecule has 0 spiro atoms. The van der Waals surface area contributed by atoms with E-state index in [2.05, 4.69) is 6.58 Å². The van der Waals surface area contributed by atoms with Gasteiger partial charge in [0.2, 0.25) is 0 Å². The second-order valence-corrected chi connectivity index (χ2v) is 4.42. The van der Waals surface area contributed by atoms with E-state index in [1.807, 2.05) is 4.74 Å². The van der Waals surface area contributed by atoms with E-state index in [9.17, 15) is 43.5 Å². The molecule has 0 amide bonds. The lowest BCUT2D eigenvalue weighted by Gasteiger charge is -2.30. The first-order valence-corrected chi connectivity index (χ1v) is 5.28. The highest BCUT2D eigenvalue weighted by Gasteiger charge is 2.73. The molecule has 4 nitrogen and oxygen atoms in total. The van der Waals surface area contributed by atoms with Gasteiger partial charge in [-0.2, -0.15) is 43.5 Å². The molecule has 0 aromatic carbocycles. The van der Waals surface area contributed by atoms with E-state index in [1.54, 1.807) is 0 Å². The molecule has 0 fully saturated rings. The van der Waals surface area contributed by atoms with Gasteiger partial charge in [0.1, 0.15) is 0 Å². The highest BCUT2D eigenvalue weighted by Crippen LogP contribution is 2.46. The summed E-state index contributed by atoms with van der Waals surface area (Å²) >= 11 is 0. The molecule has 0 saturated heterocycles. The van der Waals surface area contributed by atoms with Gasteiger partial charge in [-0.3, -0.25) is 4.55 Å². The Morgan fingerprint density at radius 2 is 1.32 bits per heavy atom.